The summed E-state index contributed by atoms with van der Waals surface area (Å²) in [4.78, 5) is 11.1. The van der Waals surface area contributed by atoms with E-state index in [0.717, 1.165) is 22.0 Å². The number of halogens is 1. The standard InChI is InChI=1S/C29H26FNO3/c1-3-7-23(17-28(32)33)22-10-12-25(13-11-22)34-19-26-20(2)29-24(16-27(26)30)14-15-31(29)18-21-8-5-4-6-9-21/h4-6,8-16,23H,17-19H2,1-2H3,(H,32,33)/t23-/m0/s1. The molecule has 1 N–H and O–H groups in total. The Balaban J connectivity index is 1.54. The number of benzene rings is 3. The highest BCUT2D eigenvalue weighted by atomic mass is 19.1. The van der Waals surface area contributed by atoms with Crippen molar-refractivity contribution in [2.45, 2.75) is 39.3 Å². The number of carboxylic acids is 1. The molecule has 0 spiro atoms. The number of hydrogen-bond acceptors (Lipinski definition) is 2. The minimum atomic E-state index is -0.897. The van der Waals surface area contributed by atoms with Gasteiger partial charge in [0.2, 0.25) is 0 Å². The van der Waals surface area contributed by atoms with Gasteiger partial charge in [0.1, 0.15) is 18.2 Å². The molecule has 0 saturated heterocycles. The third-order valence-corrected chi connectivity index (χ3v) is 5.93. The molecule has 0 unspecified atom stereocenters. The minimum absolute atomic E-state index is 0.0614. The average Bonchev–Trinajstić information content (AvgIpc) is 3.21. The van der Waals surface area contributed by atoms with Gasteiger partial charge in [-0.3, -0.25) is 4.79 Å². The molecular weight excluding hydrogens is 429 g/mol. The van der Waals surface area contributed by atoms with Gasteiger partial charge in [-0.05, 0) is 54.8 Å². The van der Waals surface area contributed by atoms with Gasteiger partial charge >= 0.3 is 5.97 Å². The van der Waals surface area contributed by atoms with Gasteiger partial charge in [0, 0.05) is 23.7 Å². The van der Waals surface area contributed by atoms with Crippen molar-refractivity contribution >= 4 is 16.9 Å². The first-order valence-corrected chi connectivity index (χ1v) is 11.1. The van der Waals surface area contributed by atoms with E-state index in [4.69, 9.17) is 9.84 Å². The summed E-state index contributed by atoms with van der Waals surface area (Å²) < 4.78 is 23.0. The van der Waals surface area contributed by atoms with Gasteiger partial charge < -0.3 is 14.4 Å². The number of carboxylic acid groups (broad SMARTS) is 1. The van der Waals surface area contributed by atoms with Crippen LogP contribution in [0, 0.1) is 24.6 Å². The van der Waals surface area contributed by atoms with E-state index in [1.54, 1.807) is 25.1 Å². The quantitative estimate of drug-likeness (QED) is 0.317. The fraction of sp³-hybridized carbons (Fsp3) is 0.207. The van der Waals surface area contributed by atoms with Crippen LogP contribution in [0.1, 0.15) is 41.5 Å². The Hall–Kier alpha value is -4.04. The van der Waals surface area contributed by atoms with Gasteiger partial charge in [-0.2, -0.15) is 0 Å². The summed E-state index contributed by atoms with van der Waals surface area (Å²) in [6.45, 7) is 4.42. The van der Waals surface area contributed by atoms with Crippen LogP contribution in [0.2, 0.25) is 0 Å². The second-order valence-corrected chi connectivity index (χ2v) is 8.23. The molecule has 1 aromatic heterocycles. The predicted molar refractivity (Wildman–Crippen MR) is 131 cm³/mol. The van der Waals surface area contributed by atoms with Crippen molar-refractivity contribution in [3.05, 3.63) is 101 Å². The van der Waals surface area contributed by atoms with Crippen LogP contribution in [0.5, 0.6) is 5.75 Å². The van der Waals surface area contributed by atoms with Gasteiger partial charge in [0.25, 0.3) is 0 Å². The molecule has 34 heavy (non-hydrogen) atoms. The summed E-state index contributed by atoms with van der Waals surface area (Å²) in [5, 5.41) is 9.98. The summed E-state index contributed by atoms with van der Waals surface area (Å²) in [5.74, 6) is 4.74. The third-order valence-electron chi connectivity index (χ3n) is 5.93. The van der Waals surface area contributed by atoms with Gasteiger partial charge in [0.15, 0.2) is 0 Å². The number of aliphatic carboxylic acids is 1. The van der Waals surface area contributed by atoms with E-state index in [2.05, 4.69) is 28.5 Å². The Labute approximate surface area is 198 Å². The SMILES string of the molecule is CC#C[C@@H](CC(=O)O)c1ccc(OCc2c(F)cc3ccn(Cc4ccccc4)c3c2C)cc1. The first kappa shape index (κ1) is 23.1. The molecule has 0 amide bonds. The molecule has 0 aliphatic carbocycles. The molecule has 1 atom stereocenters. The van der Waals surface area contributed by atoms with E-state index >= 15 is 0 Å². The largest absolute Gasteiger partial charge is 0.489 e. The van der Waals surface area contributed by atoms with Crippen LogP contribution < -0.4 is 4.74 Å². The molecule has 0 aliphatic heterocycles. The summed E-state index contributed by atoms with van der Waals surface area (Å²) in [7, 11) is 0. The van der Waals surface area contributed by atoms with Crippen molar-refractivity contribution in [3.8, 4) is 17.6 Å². The van der Waals surface area contributed by atoms with Gasteiger partial charge in [-0.15, -0.1) is 5.92 Å². The van der Waals surface area contributed by atoms with E-state index in [1.165, 1.54) is 5.56 Å². The number of aryl methyl sites for hydroxylation is 1. The second-order valence-electron chi connectivity index (χ2n) is 8.23. The molecule has 0 radical (unpaired) electrons. The maximum absolute atomic E-state index is 14.9. The molecule has 172 valence electrons. The molecule has 4 aromatic rings. The third kappa shape index (κ3) is 5.13. The minimum Gasteiger partial charge on any atom is -0.489 e. The van der Waals surface area contributed by atoms with Gasteiger partial charge in [0.05, 0.1) is 17.9 Å². The summed E-state index contributed by atoms with van der Waals surface area (Å²) in [6, 6.07) is 20.8. The number of aromatic nitrogens is 1. The lowest BCUT2D eigenvalue weighted by atomic mass is 9.96. The number of ether oxygens (including phenoxy) is 1. The molecule has 1 heterocycles. The van der Waals surface area contributed by atoms with Crippen LogP contribution in [0.4, 0.5) is 4.39 Å². The molecule has 3 aromatic carbocycles. The lowest BCUT2D eigenvalue weighted by Gasteiger charge is -2.14. The Morgan fingerprint density at radius 1 is 1.12 bits per heavy atom. The fourth-order valence-corrected chi connectivity index (χ4v) is 4.23. The van der Waals surface area contributed by atoms with E-state index in [0.29, 0.717) is 17.9 Å². The summed E-state index contributed by atoms with van der Waals surface area (Å²) >= 11 is 0. The maximum Gasteiger partial charge on any atom is 0.304 e. The van der Waals surface area contributed by atoms with Crippen molar-refractivity contribution in [1.29, 1.82) is 0 Å². The van der Waals surface area contributed by atoms with Crippen molar-refractivity contribution in [3.63, 3.8) is 0 Å². The first-order valence-electron chi connectivity index (χ1n) is 11.1. The normalized spacial score (nSPS) is 11.6. The second kappa shape index (κ2) is 10.3. The highest BCUT2D eigenvalue weighted by Gasteiger charge is 2.16. The number of fused-ring (bicyclic) bond motifs is 1. The Kier molecular flexibility index (Phi) is 6.98. The van der Waals surface area contributed by atoms with Gasteiger partial charge in [-0.25, -0.2) is 4.39 Å². The molecule has 5 heteroatoms. The summed E-state index contributed by atoms with van der Waals surface area (Å²) in [5.41, 5.74) is 4.36. The van der Waals surface area contributed by atoms with Crippen molar-refractivity contribution < 1.29 is 19.0 Å². The maximum atomic E-state index is 14.9. The number of rotatable bonds is 8. The zero-order chi connectivity index (χ0) is 24.1. The van der Waals surface area contributed by atoms with Crippen LogP contribution in [0.3, 0.4) is 0 Å². The Morgan fingerprint density at radius 3 is 2.53 bits per heavy atom. The number of hydrogen-bond donors (Lipinski definition) is 1. The van der Waals surface area contributed by atoms with Crippen LogP contribution in [-0.2, 0) is 17.9 Å². The topological polar surface area (TPSA) is 51.5 Å². The van der Waals surface area contributed by atoms with Crippen LogP contribution in [-0.4, -0.2) is 15.6 Å². The average molecular weight is 456 g/mol. The molecular formula is C29H26FNO3. The van der Waals surface area contributed by atoms with Crippen molar-refractivity contribution in [2.24, 2.45) is 0 Å². The van der Waals surface area contributed by atoms with Crippen LogP contribution in [0.25, 0.3) is 10.9 Å². The molecule has 0 saturated carbocycles. The predicted octanol–water partition coefficient (Wildman–Crippen LogP) is 6.30. The zero-order valence-corrected chi connectivity index (χ0v) is 19.2. The molecule has 0 aliphatic rings. The monoisotopic (exact) mass is 455 g/mol. The van der Waals surface area contributed by atoms with Crippen LogP contribution in [0.15, 0.2) is 72.9 Å². The highest BCUT2D eigenvalue weighted by Crippen LogP contribution is 2.28. The molecule has 4 rings (SSSR count). The lowest BCUT2D eigenvalue weighted by Crippen LogP contribution is -2.06. The fourth-order valence-electron chi connectivity index (χ4n) is 4.23. The first-order chi connectivity index (χ1) is 16.5. The van der Waals surface area contributed by atoms with Crippen molar-refractivity contribution in [2.75, 3.05) is 0 Å². The molecule has 0 fully saturated rings. The van der Waals surface area contributed by atoms with Gasteiger partial charge in [-0.1, -0.05) is 48.4 Å². The van der Waals surface area contributed by atoms with Crippen LogP contribution >= 0.6 is 0 Å². The highest BCUT2D eigenvalue weighted by molar-refractivity contribution is 5.84. The van der Waals surface area contributed by atoms with E-state index in [1.807, 2.05) is 49.5 Å². The molecule has 0 bridgehead atoms. The van der Waals surface area contributed by atoms with E-state index in [9.17, 15) is 9.18 Å². The van der Waals surface area contributed by atoms with Crippen molar-refractivity contribution in [1.82, 2.24) is 4.57 Å². The lowest BCUT2D eigenvalue weighted by molar-refractivity contribution is -0.137. The smallest absolute Gasteiger partial charge is 0.304 e. The van der Waals surface area contributed by atoms with E-state index < -0.39 is 5.97 Å². The zero-order valence-electron chi connectivity index (χ0n) is 19.2. The Bertz CT molecular complexity index is 1360. The number of carbonyl (C=O) groups is 1. The van der Waals surface area contributed by atoms with E-state index in [-0.39, 0.29) is 24.8 Å². The number of nitrogens with zero attached hydrogens (tertiary/aromatic N) is 1. The molecule has 4 nitrogen and oxygen atoms in total. The summed E-state index contributed by atoms with van der Waals surface area (Å²) in [6.07, 6.45) is 1.92. The Morgan fingerprint density at radius 2 is 1.85 bits per heavy atom.